The van der Waals surface area contributed by atoms with E-state index < -0.39 is 11.8 Å². The van der Waals surface area contributed by atoms with E-state index in [4.69, 9.17) is 5.11 Å². The van der Waals surface area contributed by atoms with Crippen molar-refractivity contribution in [3.8, 4) is 5.75 Å². The number of benzene rings is 1. The van der Waals surface area contributed by atoms with Crippen LogP contribution >= 0.6 is 0 Å². The standard InChI is InChI=1S/C11H11FO3/c1-2-15-11(14)6-3-8-7-9(13)4-5-10(8)12/h3-7,13H,2H2,1H3. The van der Waals surface area contributed by atoms with E-state index in [2.05, 4.69) is 4.74 Å². The zero-order valence-electron chi connectivity index (χ0n) is 8.24. The summed E-state index contributed by atoms with van der Waals surface area (Å²) in [5.41, 5.74) is 0.142. The highest BCUT2D eigenvalue weighted by atomic mass is 19.1. The molecule has 1 N–H and O–H groups in total. The van der Waals surface area contributed by atoms with Gasteiger partial charge in [0, 0.05) is 11.6 Å². The maximum Gasteiger partial charge on any atom is 0.330 e. The van der Waals surface area contributed by atoms with Crippen LogP contribution in [-0.2, 0) is 9.53 Å². The van der Waals surface area contributed by atoms with Crippen LogP contribution in [0.25, 0.3) is 6.08 Å². The second-order valence-corrected chi connectivity index (χ2v) is 2.79. The van der Waals surface area contributed by atoms with Gasteiger partial charge in [0.05, 0.1) is 6.61 Å². The molecule has 0 aliphatic carbocycles. The maximum atomic E-state index is 13.1. The minimum Gasteiger partial charge on any atom is -0.508 e. The van der Waals surface area contributed by atoms with E-state index >= 15 is 0 Å². The maximum absolute atomic E-state index is 13.1. The molecule has 3 nitrogen and oxygen atoms in total. The molecule has 0 spiro atoms. The van der Waals surface area contributed by atoms with Gasteiger partial charge in [-0.05, 0) is 31.2 Å². The topological polar surface area (TPSA) is 46.5 Å². The van der Waals surface area contributed by atoms with Gasteiger partial charge in [-0.25, -0.2) is 9.18 Å². The molecule has 0 heterocycles. The summed E-state index contributed by atoms with van der Waals surface area (Å²) < 4.78 is 17.7. The molecule has 1 rings (SSSR count). The fourth-order valence-electron chi connectivity index (χ4n) is 1.01. The Hall–Kier alpha value is -1.84. The molecule has 0 atom stereocenters. The summed E-state index contributed by atoms with van der Waals surface area (Å²) in [6.07, 6.45) is 2.37. The number of hydrogen-bond donors (Lipinski definition) is 1. The Bertz CT molecular complexity index is 385. The summed E-state index contributed by atoms with van der Waals surface area (Å²) in [6, 6.07) is 3.59. The normalized spacial score (nSPS) is 10.5. The first-order chi connectivity index (χ1) is 7.13. The van der Waals surface area contributed by atoms with Gasteiger partial charge in [0.15, 0.2) is 0 Å². The summed E-state index contributed by atoms with van der Waals surface area (Å²) in [5, 5.41) is 9.09. The molecule has 0 fully saturated rings. The summed E-state index contributed by atoms with van der Waals surface area (Å²) in [5.74, 6) is -1.10. The molecule has 0 unspecified atom stereocenters. The number of ether oxygens (including phenoxy) is 1. The minimum atomic E-state index is -0.541. The summed E-state index contributed by atoms with van der Waals surface area (Å²) in [6.45, 7) is 1.95. The van der Waals surface area contributed by atoms with Gasteiger partial charge in [0.1, 0.15) is 11.6 Å². The van der Waals surface area contributed by atoms with Gasteiger partial charge in [-0.2, -0.15) is 0 Å². The molecular weight excluding hydrogens is 199 g/mol. The number of aromatic hydroxyl groups is 1. The van der Waals surface area contributed by atoms with Gasteiger partial charge < -0.3 is 9.84 Å². The summed E-state index contributed by atoms with van der Waals surface area (Å²) in [7, 11) is 0. The number of phenolic OH excluding ortho intramolecular Hbond substituents is 1. The third-order valence-corrected chi connectivity index (χ3v) is 1.67. The van der Waals surface area contributed by atoms with Crippen molar-refractivity contribution >= 4 is 12.0 Å². The molecule has 0 aromatic heterocycles. The lowest BCUT2D eigenvalue weighted by molar-refractivity contribution is -0.137. The second kappa shape index (κ2) is 5.14. The third kappa shape index (κ3) is 3.42. The third-order valence-electron chi connectivity index (χ3n) is 1.67. The fraction of sp³-hybridized carbons (Fsp3) is 0.182. The lowest BCUT2D eigenvalue weighted by Gasteiger charge is -1.98. The molecule has 1 aromatic carbocycles. The molecule has 0 saturated heterocycles. The van der Waals surface area contributed by atoms with E-state index in [1.165, 1.54) is 18.2 Å². The van der Waals surface area contributed by atoms with Gasteiger partial charge in [0.2, 0.25) is 0 Å². The Morgan fingerprint density at radius 1 is 1.60 bits per heavy atom. The predicted octanol–water partition coefficient (Wildman–Crippen LogP) is 2.11. The number of rotatable bonds is 3. The lowest BCUT2D eigenvalue weighted by atomic mass is 10.2. The van der Waals surface area contributed by atoms with Crippen molar-refractivity contribution in [3.63, 3.8) is 0 Å². The fourth-order valence-corrected chi connectivity index (χ4v) is 1.01. The monoisotopic (exact) mass is 210 g/mol. The Labute approximate surface area is 86.8 Å². The molecular formula is C11H11FO3. The van der Waals surface area contributed by atoms with Crippen molar-refractivity contribution in [2.24, 2.45) is 0 Å². The first-order valence-corrected chi connectivity index (χ1v) is 4.47. The number of esters is 1. The molecule has 0 saturated carbocycles. The highest BCUT2D eigenvalue weighted by Crippen LogP contribution is 2.16. The largest absolute Gasteiger partial charge is 0.508 e. The van der Waals surface area contributed by atoms with Crippen molar-refractivity contribution in [3.05, 3.63) is 35.7 Å². The van der Waals surface area contributed by atoms with E-state index in [1.807, 2.05) is 0 Å². The van der Waals surface area contributed by atoms with E-state index in [9.17, 15) is 9.18 Å². The van der Waals surface area contributed by atoms with Crippen molar-refractivity contribution in [2.75, 3.05) is 6.61 Å². The number of carbonyl (C=O) groups excluding carboxylic acids is 1. The van der Waals surface area contributed by atoms with Gasteiger partial charge >= 0.3 is 5.97 Å². The number of phenols is 1. The molecule has 0 radical (unpaired) electrons. The van der Waals surface area contributed by atoms with Crippen LogP contribution in [0, 0.1) is 5.82 Å². The van der Waals surface area contributed by atoms with Crippen molar-refractivity contribution < 1.29 is 19.0 Å². The lowest BCUT2D eigenvalue weighted by Crippen LogP contribution is -1.98. The van der Waals surface area contributed by atoms with Gasteiger partial charge in [-0.1, -0.05) is 0 Å². The zero-order chi connectivity index (χ0) is 11.3. The minimum absolute atomic E-state index is 0.0556. The SMILES string of the molecule is CCOC(=O)C=Cc1cc(O)ccc1F. The van der Waals surface area contributed by atoms with Crippen LogP contribution in [0.4, 0.5) is 4.39 Å². The first-order valence-electron chi connectivity index (χ1n) is 4.47. The quantitative estimate of drug-likeness (QED) is 0.614. The Balaban J connectivity index is 2.79. The average molecular weight is 210 g/mol. The smallest absolute Gasteiger partial charge is 0.330 e. The van der Waals surface area contributed by atoms with Gasteiger partial charge in [-0.15, -0.1) is 0 Å². The van der Waals surface area contributed by atoms with Crippen LogP contribution in [0.15, 0.2) is 24.3 Å². The second-order valence-electron chi connectivity index (χ2n) is 2.79. The molecule has 1 aromatic rings. The van der Waals surface area contributed by atoms with Crippen LogP contribution < -0.4 is 0 Å². The van der Waals surface area contributed by atoms with Crippen LogP contribution in [0.2, 0.25) is 0 Å². The van der Waals surface area contributed by atoms with E-state index in [0.717, 1.165) is 12.1 Å². The van der Waals surface area contributed by atoms with Gasteiger partial charge in [0.25, 0.3) is 0 Å². The Kier molecular flexibility index (Phi) is 3.85. The molecule has 0 aliphatic rings. The first kappa shape index (κ1) is 11.2. The van der Waals surface area contributed by atoms with Gasteiger partial charge in [-0.3, -0.25) is 0 Å². The molecule has 0 bridgehead atoms. The molecule has 4 heteroatoms. The van der Waals surface area contributed by atoms with E-state index in [1.54, 1.807) is 6.92 Å². The zero-order valence-corrected chi connectivity index (χ0v) is 8.24. The highest BCUT2D eigenvalue weighted by molar-refractivity contribution is 5.87. The number of hydrogen-bond acceptors (Lipinski definition) is 3. The molecule has 0 aliphatic heterocycles. The van der Waals surface area contributed by atoms with Crippen LogP contribution in [0.5, 0.6) is 5.75 Å². The van der Waals surface area contributed by atoms with Crippen LogP contribution in [0.3, 0.4) is 0 Å². The molecule has 0 amide bonds. The molecule has 80 valence electrons. The van der Waals surface area contributed by atoms with Crippen molar-refractivity contribution in [2.45, 2.75) is 6.92 Å². The van der Waals surface area contributed by atoms with Crippen LogP contribution in [-0.4, -0.2) is 17.7 Å². The van der Waals surface area contributed by atoms with Crippen molar-refractivity contribution in [1.29, 1.82) is 0 Å². The van der Waals surface area contributed by atoms with Crippen molar-refractivity contribution in [1.82, 2.24) is 0 Å². The average Bonchev–Trinajstić information content (AvgIpc) is 2.20. The predicted molar refractivity (Wildman–Crippen MR) is 53.7 cm³/mol. The molecule has 15 heavy (non-hydrogen) atoms. The van der Waals surface area contributed by atoms with E-state index in [-0.39, 0.29) is 17.9 Å². The summed E-state index contributed by atoms with van der Waals surface area (Å²) >= 11 is 0. The Morgan fingerprint density at radius 3 is 3.00 bits per heavy atom. The number of carbonyl (C=O) groups is 1. The summed E-state index contributed by atoms with van der Waals surface area (Å²) in [4.78, 5) is 10.9. The van der Waals surface area contributed by atoms with Crippen LogP contribution in [0.1, 0.15) is 12.5 Å². The number of halogens is 1. The van der Waals surface area contributed by atoms with E-state index in [0.29, 0.717) is 0 Å². The Morgan fingerprint density at radius 2 is 2.33 bits per heavy atom. The highest BCUT2D eigenvalue weighted by Gasteiger charge is 2.00.